The second kappa shape index (κ2) is 7.55. The maximum Gasteiger partial charge on any atom is 0.0650 e. The lowest BCUT2D eigenvalue weighted by Crippen LogP contribution is -1.87. The molecule has 0 fully saturated rings. The van der Waals surface area contributed by atoms with Crippen molar-refractivity contribution in [3.05, 3.63) is 23.8 Å². The molecule has 11 heavy (non-hydrogen) atoms. The Bertz CT molecular complexity index is 134. The van der Waals surface area contributed by atoms with Gasteiger partial charge in [-0.05, 0) is 20.3 Å². The van der Waals surface area contributed by atoms with Gasteiger partial charge in [0, 0.05) is 6.61 Å². The monoisotopic (exact) mass is 154 g/mol. The van der Waals surface area contributed by atoms with E-state index in [2.05, 4.69) is 26.0 Å². The summed E-state index contributed by atoms with van der Waals surface area (Å²) in [7, 11) is 0. The van der Waals surface area contributed by atoms with E-state index in [1.165, 1.54) is 5.57 Å². The Labute approximate surface area is 69.8 Å². The zero-order valence-electron chi connectivity index (χ0n) is 7.76. The third-order valence-corrected chi connectivity index (χ3v) is 1.49. The van der Waals surface area contributed by atoms with Gasteiger partial charge in [0.25, 0.3) is 0 Å². The number of rotatable bonds is 5. The number of allylic oxidation sites excluding steroid dienone is 3. The van der Waals surface area contributed by atoms with E-state index in [1.54, 1.807) is 0 Å². The maximum atomic E-state index is 5.13. The predicted octanol–water partition coefficient (Wildman–Crippen LogP) is 2.94. The van der Waals surface area contributed by atoms with Crippen molar-refractivity contribution in [3.8, 4) is 0 Å². The average molecular weight is 154 g/mol. The molecule has 0 aromatic rings. The summed E-state index contributed by atoms with van der Waals surface area (Å²) >= 11 is 0. The van der Waals surface area contributed by atoms with Gasteiger partial charge in [0.2, 0.25) is 0 Å². The topological polar surface area (TPSA) is 9.23 Å². The Morgan fingerprint density at radius 3 is 2.64 bits per heavy atom. The van der Waals surface area contributed by atoms with Crippen LogP contribution in [0.4, 0.5) is 0 Å². The standard InChI is InChI=1S/C10H18O/c1-4-10(3)8-6-7-9-11-5-2/h6-8H,4-5,9H2,1-3H3/b7-6-,10-8+. The van der Waals surface area contributed by atoms with Gasteiger partial charge in [-0.25, -0.2) is 0 Å². The molecule has 0 unspecified atom stereocenters. The highest BCUT2D eigenvalue weighted by Gasteiger charge is 1.78. The van der Waals surface area contributed by atoms with Crippen LogP contribution in [0.1, 0.15) is 27.2 Å². The van der Waals surface area contributed by atoms with Gasteiger partial charge < -0.3 is 4.74 Å². The van der Waals surface area contributed by atoms with Gasteiger partial charge in [-0.2, -0.15) is 0 Å². The summed E-state index contributed by atoms with van der Waals surface area (Å²) in [6.07, 6.45) is 7.33. The van der Waals surface area contributed by atoms with Crippen LogP contribution >= 0.6 is 0 Å². The van der Waals surface area contributed by atoms with Gasteiger partial charge in [0.1, 0.15) is 0 Å². The van der Waals surface area contributed by atoms with Gasteiger partial charge in [0.15, 0.2) is 0 Å². The normalized spacial score (nSPS) is 12.8. The minimum atomic E-state index is 0.726. The SMILES string of the molecule is CCOC/C=C\C=C(/C)CC. The first-order valence-corrected chi connectivity index (χ1v) is 4.21. The van der Waals surface area contributed by atoms with E-state index >= 15 is 0 Å². The second-order valence-electron chi connectivity index (χ2n) is 2.45. The molecule has 0 aliphatic carbocycles. The molecule has 0 N–H and O–H groups in total. The van der Waals surface area contributed by atoms with Gasteiger partial charge in [-0.1, -0.05) is 30.7 Å². The summed E-state index contributed by atoms with van der Waals surface area (Å²) in [5.41, 5.74) is 1.40. The number of ether oxygens (including phenoxy) is 1. The first kappa shape index (κ1) is 10.4. The van der Waals surface area contributed by atoms with Crippen LogP contribution in [0, 0.1) is 0 Å². The molecule has 0 saturated heterocycles. The Kier molecular flexibility index (Phi) is 7.16. The minimum Gasteiger partial charge on any atom is -0.378 e. The minimum absolute atomic E-state index is 0.726. The molecule has 0 bridgehead atoms. The van der Waals surface area contributed by atoms with Crippen molar-refractivity contribution in [1.29, 1.82) is 0 Å². The van der Waals surface area contributed by atoms with Crippen molar-refractivity contribution in [2.24, 2.45) is 0 Å². The summed E-state index contributed by atoms with van der Waals surface area (Å²) in [5.74, 6) is 0. The molecule has 0 radical (unpaired) electrons. The number of hydrogen-bond acceptors (Lipinski definition) is 1. The van der Waals surface area contributed by atoms with Crippen LogP contribution in [0.15, 0.2) is 23.8 Å². The molecule has 0 rings (SSSR count). The third kappa shape index (κ3) is 7.34. The van der Waals surface area contributed by atoms with Crippen molar-refractivity contribution in [1.82, 2.24) is 0 Å². The summed E-state index contributed by atoms with van der Waals surface area (Å²) in [5, 5.41) is 0. The average Bonchev–Trinajstić information content (AvgIpc) is 2.04. The Morgan fingerprint density at radius 2 is 2.09 bits per heavy atom. The van der Waals surface area contributed by atoms with E-state index in [0.29, 0.717) is 0 Å². The fourth-order valence-corrected chi connectivity index (χ4v) is 0.592. The molecule has 1 nitrogen and oxygen atoms in total. The molecule has 0 aliphatic heterocycles. The van der Waals surface area contributed by atoms with Crippen molar-refractivity contribution >= 4 is 0 Å². The molecule has 0 spiro atoms. The Hall–Kier alpha value is -0.560. The van der Waals surface area contributed by atoms with Gasteiger partial charge >= 0.3 is 0 Å². The van der Waals surface area contributed by atoms with E-state index in [-0.39, 0.29) is 0 Å². The van der Waals surface area contributed by atoms with Gasteiger partial charge in [-0.15, -0.1) is 0 Å². The summed E-state index contributed by atoms with van der Waals surface area (Å²) < 4.78 is 5.13. The smallest absolute Gasteiger partial charge is 0.0650 e. The largest absolute Gasteiger partial charge is 0.378 e. The van der Waals surface area contributed by atoms with Crippen LogP contribution in [0.25, 0.3) is 0 Å². The second-order valence-corrected chi connectivity index (χ2v) is 2.45. The molecule has 0 aromatic heterocycles. The molecule has 64 valence electrons. The molecule has 0 amide bonds. The van der Waals surface area contributed by atoms with Crippen LogP contribution < -0.4 is 0 Å². The molecular weight excluding hydrogens is 136 g/mol. The quantitative estimate of drug-likeness (QED) is 0.437. The van der Waals surface area contributed by atoms with E-state index in [0.717, 1.165) is 19.6 Å². The summed E-state index contributed by atoms with van der Waals surface area (Å²) in [6.45, 7) is 7.80. The van der Waals surface area contributed by atoms with Gasteiger partial charge in [0.05, 0.1) is 6.61 Å². The van der Waals surface area contributed by atoms with Crippen LogP contribution in [0.2, 0.25) is 0 Å². The number of hydrogen-bond donors (Lipinski definition) is 0. The zero-order chi connectivity index (χ0) is 8.53. The van der Waals surface area contributed by atoms with Crippen molar-refractivity contribution in [2.75, 3.05) is 13.2 Å². The summed E-state index contributed by atoms with van der Waals surface area (Å²) in [6, 6.07) is 0. The summed E-state index contributed by atoms with van der Waals surface area (Å²) in [4.78, 5) is 0. The first-order chi connectivity index (χ1) is 5.31. The molecule has 0 saturated carbocycles. The molecule has 0 atom stereocenters. The third-order valence-electron chi connectivity index (χ3n) is 1.49. The predicted molar refractivity (Wildman–Crippen MR) is 49.7 cm³/mol. The molecular formula is C10H18O. The van der Waals surface area contributed by atoms with Crippen LogP contribution in [0.3, 0.4) is 0 Å². The first-order valence-electron chi connectivity index (χ1n) is 4.21. The van der Waals surface area contributed by atoms with E-state index in [1.807, 2.05) is 13.0 Å². The van der Waals surface area contributed by atoms with Crippen LogP contribution in [0.5, 0.6) is 0 Å². The van der Waals surface area contributed by atoms with Crippen LogP contribution in [-0.2, 0) is 4.74 Å². The zero-order valence-corrected chi connectivity index (χ0v) is 7.76. The lowest BCUT2D eigenvalue weighted by Gasteiger charge is -1.92. The molecule has 0 heterocycles. The lowest BCUT2D eigenvalue weighted by molar-refractivity contribution is 0.177. The fourth-order valence-electron chi connectivity index (χ4n) is 0.592. The molecule has 1 heteroatoms. The van der Waals surface area contributed by atoms with E-state index in [4.69, 9.17) is 4.74 Å². The fraction of sp³-hybridized carbons (Fsp3) is 0.600. The van der Waals surface area contributed by atoms with Gasteiger partial charge in [-0.3, -0.25) is 0 Å². The highest BCUT2D eigenvalue weighted by atomic mass is 16.5. The van der Waals surface area contributed by atoms with Crippen molar-refractivity contribution < 1.29 is 4.74 Å². The lowest BCUT2D eigenvalue weighted by atomic mass is 10.2. The highest BCUT2D eigenvalue weighted by molar-refractivity contribution is 5.09. The van der Waals surface area contributed by atoms with Crippen molar-refractivity contribution in [3.63, 3.8) is 0 Å². The van der Waals surface area contributed by atoms with Crippen LogP contribution in [-0.4, -0.2) is 13.2 Å². The maximum absolute atomic E-state index is 5.13. The molecule has 0 aliphatic rings. The highest BCUT2D eigenvalue weighted by Crippen LogP contribution is 1.97. The van der Waals surface area contributed by atoms with E-state index in [9.17, 15) is 0 Å². The van der Waals surface area contributed by atoms with Crippen molar-refractivity contribution in [2.45, 2.75) is 27.2 Å². The Morgan fingerprint density at radius 1 is 1.36 bits per heavy atom. The van der Waals surface area contributed by atoms with E-state index < -0.39 is 0 Å². The Balaban J connectivity index is 3.42. The molecule has 0 aromatic carbocycles.